The molecule has 0 heterocycles. The van der Waals surface area contributed by atoms with Crippen molar-refractivity contribution in [2.24, 2.45) is 5.92 Å². The van der Waals surface area contributed by atoms with Crippen LogP contribution in [-0.2, 0) is 6.42 Å². The van der Waals surface area contributed by atoms with E-state index < -0.39 is 0 Å². The van der Waals surface area contributed by atoms with Crippen LogP contribution < -0.4 is 0 Å². The molecule has 0 aliphatic rings. The van der Waals surface area contributed by atoms with E-state index in [9.17, 15) is 4.39 Å². The van der Waals surface area contributed by atoms with Crippen LogP contribution >= 0.6 is 15.9 Å². The molecule has 1 aromatic rings. The van der Waals surface area contributed by atoms with Crippen molar-refractivity contribution >= 4 is 15.9 Å². The fraction of sp³-hybridized carbons (Fsp3) is 0.538. The second-order valence-corrected chi connectivity index (χ2v) is 5.57. The van der Waals surface area contributed by atoms with Gasteiger partial charge in [-0.1, -0.05) is 42.3 Å². The number of alkyl halides is 1. The number of aryl methyl sites for hydroxylation is 1. The number of halogens is 2. The summed E-state index contributed by atoms with van der Waals surface area (Å²) in [4.78, 5) is 0.477. The largest absolute Gasteiger partial charge is 0.207 e. The van der Waals surface area contributed by atoms with Gasteiger partial charge in [-0.3, -0.25) is 0 Å². The third-order valence-corrected chi connectivity index (χ3v) is 3.71. The number of hydrogen-bond acceptors (Lipinski definition) is 0. The average Bonchev–Trinajstić information content (AvgIpc) is 2.18. The van der Waals surface area contributed by atoms with E-state index in [0.717, 1.165) is 18.4 Å². The van der Waals surface area contributed by atoms with E-state index in [-0.39, 0.29) is 5.82 Å². The molecule has 0 amide bonds. The first-order valence-electron chi connectivity index (χ1n) is 5.43. The molecule has 0 aromatic heterocycles. The highest BCUT2D eigenvalue weighted by atomic mass is 79.9. The highest BCUT2D eigenvalue weighted by molar-refractivity contribution is 9.09. The molecule has 0 nitrogen and oxygen atoms in total. The van der Waals surface area contributed by atoms with Crippen molar-refractivity contribution in [3.05, 3.63) is 35.1 Å². The monoisotopic (exact) mass is 272 g/mol. The molecule has 2 unspecified atom stereocenters. The van der Waals surface area contributed by atoms with Gasteiger partial charge in [0.15, 0.2) is 0 Å². The van der Waals surface area contributed by atoms with E-state index in [2.05, 4.69) is 29.8 Å². The van der Waals surface area contributed by atoms with Crippen LogP contribution in [0.1, 0.15) is 31.4 Å². The van der Waals surface area contributed by atoms with E-state index in [1.165, 1.54) is 11.6 Å². The molecule has 0 aliphatic carbocycles. The van der Waals surface area contributed by atoms with Crippen molar-refractivity contribution in [3.63, 3.8) is 0 Å². The van der Waals surface area contributed by atoms with Crippen LogP contribution in [0, 0.1) is 18.7 Å². The Bertz CT molecular complexity index is 320. The summed E-state index contributed by atoms with van der Waals surface area (Å²) >= 11 is 3.61. The van der Waals surface area contributed by atoms with Gasteiger partial charge in [-0.2, -0.15) is 0 Å². The predicted molar refractivity (Wildman–Crippen MR) is 67.0 cm³/mol. The number of benzene rings is 1. The van der Waals surface area contributed by atoms with Crippen molar-refractivity contribution in [2.45, 2.75) is 38.4 Å². The molecule has 0 bridgehead atoms. The van der Waals surface area contributed by atoms with E-state index >= 15 is 0 Å². The van der Waals surface area contributed by atoms with E-state index in [1.807, 2.05) is 13.0 Å². The standard InChI is InChI=1S/C13H18BrF/c1-4-11(10(3)14)7-12-8-13(15)6-5-9(12)2/h5-6,8,10-11H,4,7H2,1-3H3. The molecule has 1 aromatic carbocycles. The molecule has 2 atom stereocenters. The zero-order valence-corrected chi connectivity index (χ0v) is 11.1. The van der Waals surface area contributed by atoms with Gasteiger partial charge in [-0.15, -0.1) is 0 Å². The van der Waals surface area contributed by atoms with Gasteiger partial charge < -0.3 is 0 Å². The molecule has 0 spiro atoms. The third kappa shape index (κ3) is 3.60. The first-order valence-corrected chi connectivity index (χ1v) is 6.35. The maximum atomic E-state index is 13.1. The molecule has 15 heavy (non-hydrogen) atoms. The summed E-state index contributed by atoms with van der Waals surface area (Å²) in [5.74, 6) is 0.443. The molecule has 1 rings (SSSR count). The molecule has 0 fully saturated rings. The molecule has 0 radical (unpaired) electrons. The van der Waals surface area contributed by atoms with Gasteiger partial charge in [0, 0.05) is 4.83 Å². The van der Waals surface area contributed by atoms with Crippen molar-refractivity contribution in [1.82, 2.24) is 0 Å². The molecule has 84 valence electrons. The maximum absolute atomic E-state index is 13.1. The van der Waals surface area contributed by atoms with Crippen molar-refractivity contribution in [1.29, 1.82) is 0 Å². The Morgan fingerprint density at radius 3 is 2.60 bits per heavy atom. The maximum Gasteiger partial charge on any atom is 0.123 e. The topological polar surface area (TPSA) is 0 Å². The lowest BCUT2D eigenvalue weighted by Gasteiger charge is -2.18. The van der Waals surface area contributed by atoms with Gasteiger partial charge in [0.2, 0.25) is 0 Å². The molecule has 0 aliphatic heterocycles. The van der Waals surface area contributed by atoms with Gasteiger partial charge in [-0.05, 0) is 42.5 Å². The van der Waals surface area contributed by atoms with E-state index in [0.29, 0.717) is 10.7 Å². The first-order chi connectivity index (χ1) is 7.04. The van der Waals surface area contributed by atoms with Crippen LogP contribution in [0.5, 0.6) is 0 Å². The van der Waals surface area contributed by atoms with Gasteiger partial charge in [0.25, 0.3) is 0 Å². The fourth-order valence-corrected chi connectivity index (χ4v) is 2.33. The van der Waals surface area contributed by atoms with E-state index in [4.69, 9.17) is 0 Å². The molecule has 0 N–H and O–H groups in total. The Hall–Kier alpha value is -0.370. The average molecular weight is 273 g/mol. The zero-order valence-electron chi connectivity index (χ0n) is 9.56. The lowest BCUT2D eigenvalue weighted by Crippen LogP contribution is -2.13. The summed E-state index contributed by atoms with van der Waals surface area (Å²) < 4.78 is 13.1. The lowest BCUT2D eigenvalue weighted by atomic mass is 9.92. The first kappa shape index (κ1) is 12.7. The van der Waals surface area contributed by atoms with Crippen molar-refractivity contribution in [3.8, 4) is 0 Å². The Kier molecular flexibility index (Phi) is 4.78. The van der Waals surface area contributed by atoms with Crippen LogP contribution in [0.2, 0.25) is 0 Å². The normalized spacial score (nSPS) is 15.0. The predicted octanol–water partition coefficient (Wildman–Crippen LogP) is 4.49. The highest BCUT2D eigenvalue weighted by Gasteiger charge is 2.14. The van der Waals surface area contributed by atoms with Gasteiger partial charge in [0.1, 0.15) is 5.82 Å². The molecular weight excluding hydrogens is 255 g/mol. The Balaban J connectivity index is 2.82. The summed E-state index contributed by atoms with van der Waals surface area (Å²) in [5, 5.41) is 0. The third-order valence-electron chi connectivity index (χ3n) is 2.97. The summed E-state index contributed by atoms with van der Waals surface area (Å²) in [6.45, 7) is 6.38. The summed E-state index contributed by atoms with van der Waals surface area (Å²) in [7, 11) is 0. The van der Waals surface area contributed by atoms with Crippen LogP contribution in [-0.4, -0.2) is 4.83 Å². The SMILES string of the molecule is CCC(Cc1cc(F)ccc1C)C(C)Br. The summed E-state index contributed by atoms with van der Waals surface area (Å²) in [6.07, 6.45) is 2.06. The lowest BCUT2D eigenvalue weighted by molar-refractivity contribution is 0.505. The Morgan fingerprint density at radius 1 is 1.40 bits per heavy atom. The molecular formula is C13H18BrF. The highest BCUT2D eigenvalue weighted by Crippen LogP contribution is 2.23. The second-order valence-electron chi connectivity index (χ2n) is 4.12. The van der Waals surface area contributed by atoms with Crippen LogP contribution in [0.3, 0.4) is 0 Å². The smallest absolute Gasteiger partial charge is 0.123 e. The van der Waals surface area contributed by atoms with Crippen molar-refractivity contribution in [2.75, 3.05) is 0 Å². The molecule has 2 heteroatoms. The number of rotatable bonds is 4. The minimum Gasteiger partial charge on any atom is -0.207 e. The minimum absolute atomic E-state index is 0.132. The number of hydrogen-bond donors (Lipinski definition) is 0. The summed E-state index contributed by atoms with van der Waals surface area (Å²) in [5.41, 5.74) is 2.32. The van der Waals surface area contributed by atoms with Crippen LogP contribution in [0.25, 0.3) is 0 Å². The van der Waals surface area contributed by atoms with Crippen LogP contribution in [0.4, 0.5) is 4.39 Å². The Morgan fingerprint density at radius 2 is 2.07 bits per heavy atom. The van der Waals surface area contributed by atoms with Gasteiger partial charge in [0.05, 0.1) is 0 Å². The van der Waals surface area contributed by atoms with Crippen LogP contribution in [0.15, 0.2) is 18.2 Å². The van der Waals surface area contributed by atoms with E-state index in [1.54, 1.807) is 6.07 Å². The molecule has 0 saturated carbocycles. The summed E-state index contributed by atoms with van der Waals surface area (Å²) in [6, 6.07) is 5.04. The Labute approximate surface area is 100 Å². The zero-order chi connectivity index (χ0) is 11.4. The quantitative estimate of drug-likeness (QED) is 0.709. The second kappa shape index (κ2) is 5.64. The minimum atomic E-state index is -0.132. The van der Waals surface area contributed by atoms with Crippen molar-refractivity contribution < 1.29 is 4.39 Å². The van der Waals surface area contributed by atoms with Gasteiger partial charge in [-0.25, -0.2) is 4.39 Å². The molecule has 0 saturated heterocycles. The van der Waals surface area contributed by atoms with Gasteiger partial charge >= 0.3 is 0 Å². The fourth-order valence-electron chi connectivity index (χ4n) is 1.77.